The van der Waals surface area contributed by atoms with Gasteiger partial charge in [-0.1, -0.05) is 148 Å². The summed E-state index contributed by atoms with van der Waals surface area (Å²) in [4.78, 5) is 37.7. The summed E-state index contributed by atoms with van der Waals surface area (Å²) in [5.41, 5.74) is 0. The van der Waals surface area contributed by atoms with Crippen molar-refractivity contribution in [3.63, 3.8) is 0 Å². The van der Waals surface area contributed by atoms with Crippen molar-refractivity contribution < 1.29 is 36.5 Å². The molecule has 0 aliphatic rings. The van der Waals surface area contributed by atoms with Crippen molar-refractivity contribution in [1.82, 2.24) is 0 Å². The second-order valence-electron chi connectivity index (χ2n) is 12.9. The summed E-state index contributed by atoms with van der Waals surface area (Å²) in [6.07, 6.45) is 30.0. The Kier molecular flexibility index (Phi) is 42.9. The Morgan fingerprint density at radius 2 is 0.898 bits per heavy atom. The van der Waals surface area contributed by atoms with Crippen molar-refractivity contribution in [2.24, 2.45) is 0 Å². The molecule has 0 heterocycles. The fourth-order valence-electron chi connectivity index (χ4n) is 5.30. The SMILES string of the molecule is CCCCCCCC/C=C\CCCCCCCC(=O)OS(=O)(=O)C(CC(=O)OCCCCCCCC)C(=O)OCCCCCCCC.[NaH].[NaH]. The van der Waals surface area contributed by atoms with Crippen LogP contribution in [0.3, 0.4) is 0 Å². The number of allylic oxidation sites excluding steroid dienone is 2. The molecule has 0 aromatic heterocycles. The van der Waals surface area contributed by atoms with E-state index >= 15 is 0 Å². The van der Waals surface area contributed by atoms with Gasteiger partial charge in [0.15, 0.2) is 0 Å². The van der Waals surface area contributed by atoms with E-state index in [1.807, 2.05) is 0 Å². The Hall–Kier alpha value is 0.100. The molecule has 49 heavy (non-hydrogen) atoms. The third kappa shape index (κ3) is 34.9. The molecule has 0 aromatic rings. The summed E-state index contributed by atoms with van der Waals surface area (Å²) in [5.74, 6) is -2.82. The average molecular weight is 735 g/mol. The monoisotopic (exact) mass is 734 g/mol. The normalized spacial score (nSPS) is 11.8. The topological polar surface area (TPSA) is 113 Å². The van der Waals surface area contributed by atoms with E-state index in [0.717, 1.165) is 103 Å². The zero-order valence-corrected chi connectivity index (χ0v) is 31.2. The second-order valence-corrected chi connectivity index (χ2v) is 14.6. The molecule has 0 N–H and O–H groups in total. The maximum absolute atomic E-state index is 13.0. The summed E-state index contributed by atoms with van der Waals surface area (Å²) in [5, 5.41) is -1.93. The van der Waals surface area contributed by atoms with E-state index in [-0.39, 0.29) is 78.7 Å². The fourth-order valence-corrected chi connectivity index (χ4v) is 6.40. The Morgan fingerprint density at radius 3 is 1.37 bits per heavy atom. The summed E-state index contributed by atoms with van der Waals surface area (Å²) >= 11 is 0. The first-order chi connectivity index (χ1) is 22.8. The minimum atomic E-state index is -4.72. The number of carbonyl (C=O) groups is 3. The Bertz CT molecular complexity index is 911. The van der Waals surface area contributed by atoms with Gasteiger partial charge in [0.1, 0.15) is 0 Å². The molecule has 0 aliphatic heterocycles. The number of carbonyl (C=O) groups excluding carboxylic acids is 3. The summed E-state index contributed by atoms with van der Waals surface area (Å²) in [6, 6.07) is 0. The van der Waals surface area contributed by atoms with Gasteiger partial charge in [-0.2, -0.15) is 8.42 Å². The predicted octanol–water partition coefficient (Wildman–Crippen LogP) is 9.17. The summed E-state index contributed by atoms with van der Waals surface area (Å²) in [7, 11) is -4.72. The van der Waals surface area contributed by atoms with Crippen LogP contribution in [0, 0.1) is 0 Å². The molecule has 0 spiro atoms. The second kappa shape index (κ2) is 39.3. The van der Waals surface area contributed by atoms with Crippen molar-refractivity contribution in [3.05, 3.63) is 12.2 Å². The zero-order valence-electron chi connectivity index (χ0n) is 30.4. The molecule has 280 valence electrons. The van der Waals surface area contributed by atoms with Gasteiger partial charge in [0.25, 0.3) is 0 Å². The van der Waals surface area contributed by atoms with Gasteiger partial charge >= 0.3 is 87.1 Å². The quantitative estimate of drug-likeness (QED) is 0.0212. The Balaban J connectivity index is -0.0000106. The number of ether oxygens (including phenoxy) is 2. The van der Waals surface area contributed by atoms with Crippen LogP contribution in [0.4, 0.5) is 0 Å². The minimum absolute atomic E-state index is 0. The molecule has 1 atom stereocenters. The van der Waals surface area contributed by atoms with Crippen molar-refractivity contribution >= 4 is 87.1 Å². The van der Waals surface area contributed by atoms with Gasteiger partial charge in [0, 0.05) is 6.42 Å². The molecule has 0 radical (unpaired) electrons. The van der Waals surface area contributed by atoms with Crippen LogP contribution in [0.25, 0.3) is 0 Å². The summed E-state index contributed by atoms with van der Waals surface area (Å²) in [6.45, 7) is 6.71. The molecule has 8 nitrogen and oxygen atoms in total. The molecule has 0 aromatic carbocycles. The third-order valence-electron chi connectivity index (χ3n) is 8.32. The number of esters is 2. The van der Waals surface area contributed by atoms with Gasteiger partial charge in [-0.05, 0) is 44.9 Å². The molecule has 1 unspecified atom stereocenters. The third-order valence-corrected chi connectivity index (χ3v) is 9.79. The molecule has 11 heteroatoms. The first kappa shape index (κ1) is 53.5. The van der Waals surface area contributed by atoms with Crippen LogP contribution >= 0.6 is 0 Å². The van der Waals surface area contributed by atoms with Crippen LogP contribution in [-0.4, -0.2) is 104 Å². The molecule has 0 saturated carbocycles. The molecule has 0 rings (SSSR count). The summed E-state index contributed by atoms with van der Waals surface area (Å²) < 4.78 is 41.3. The number of hydrogen-bond acceptors (Lipinski definition) is 8. The van der Waals surface area contributed by atoms with E-state index in [4.69, 9.17) is 13.7 Å². The van der Waals surface area contributed by atoms with Gasteiger partial charge in [0.05, 0.1) is 19.6 Å². The first-order valence-electron chi connectivity index (χ1n) is 19.2. The molecule has 0 fully saturated rings. The van der Waals surface area contributed by atoms with E-state index in [0.29, 0.717) is 19.3 Å². The van der Waals surface area contributed by atoms with Crippen LogP contribution in [0.1, 0.15) is 194 Å². The van der Waals surface area contributed by atoms with Crippen LogP contribution in [-0.2, 0) is 38.2 Å². The van der Waals surface area contributed by atoms with E-state index in [1.54, 1.807) is 0 Å². The Labute approximate surface area is 345 Å². The molecular weight excluding hydrogens is 662 g/mol. The van der Waals surface area contributed by atoms with Crippen molar-refractivity contribution in [3.8, 4) is 0 Å². The standard InChI is InChI=1S/C38H70O8S.2Na.2H/c1-4-7-10-13-16-17-18-19-20-21-22-23-24-25-28-31-36(39)46-47(42,43)35(38(41)45-33-30-27-15-12-9-6-3)34-37(40)44-32-29-26-14-11-8-5-2;;;;/h19-20,35H,4-18,21-34H2,1-3H3;;;;/b20-19-;;;;. The molecule has 0 saturated heterocycles. The van der Waals surface area contributed by atoms with Gasteiger partial charge < -0.3 is 13.7 Å². The van der Waals surface area contributed by atoms with Crippen LogP contribution in [0.2, 0.25) is 0 Å². The van der Waals surface area contributed by atoms with Gasteiger partial charge in [0.2, 0.25) is 5.25 Å². The number of hydrogen-bond donors (Lipinski definition) is 0. The van der Waals surface area contributed by atoms with E-state index in [1.165, 1.54) is 38.5 Å². The van der Waals surface area contributed by atoms with Gasteiger partial charge in [-0.25, -0.2) is 0 Å². The van der Waals surface area contributed by atoms with E-state index in [9.17, 15) is 22.8 Å². The molecule has 0 bridgehead atoms. The van der Waals surface area contributed by atoms with Crippen molar-refractivity contribution in [2.75, 3.05) is 13.2 Å². The fraction of sp³-hybridized carbons (Fsp3) is 0.868. The molecule has 0 aliphatic carbocycles. The van der Waals surface area contributed by atoms with E-state index in [2.05, 4.69) is 32.9 Å². The predicted molar refractivity (Wildman–Crippen MR) is 206 cm³/mol. The Morgan fingerprint density at radius 1 is 0.510 bits per heavy atom. The first-order valence-corrected chi connectivity index (χ1v) is 20.7. The molecule has 0 amide bonds. The van der Waals surface area contributed by atoms with Crippen molar-refractivity contribution in [2.45, 2.75) is 199 Å². The van der Waals surface area contributed by atoms with Gasteiger partial charge in [-0.15, -0.1) is 0 Å². The maximum atomic E-state index is 13.0. The number of unbranched alkanes of at least 4 members (excludes halogenated alkanes) is 21. The van der Waals surface area contributed by atoms with Crippen molar-refractivity contribution in [1.29, 1.82) is 0 Å². The van der Waals surface area contributed by atoms with Crippen LogP contribution in [0.15, 0.2) is 12.2 Å². The van der Waals surface area contributed by atoms with E-state index < -0.39 is 39.7 Å². The zero-order chi connectivity index (χ0) is 34.9. The molecular formula is C38H72Na2O8S. The van der Waals surface area contributed by atoms with Crippen LogP contribution in [0.5, 0.6) is 0 Å². The van der Waals surface area contributed by atoms with Gasteiger partial charge in [-0.3, -0.25) is 14.4 Å². The average Bonchev–Trinajstić information content (AvgIpc) is 3.04. The van der Waals surface area contributed by atoms with Crippen LogP contribution < -0.4 is 0 Å². The number of rotatable bonds is 34.